The lowest BCUT2D eigenvalue weighted by molar-refractivity contribution is -0.122. The first-order valence-electron chi connectivity index (χ1n) is 6.49. The van der Waals surface area contributed by atoms with E-state index in [1.165, 1.54) is 26.4 Å². The maximum Gasteiger partial charge on any atom is 0.350 e. The molecule has 3 heterocycles. The molecule has 0 unspecified atom stereocenters. The summed E-state index contributed by atoms with van der Waals surface area (Å²) >= 11 is 0. The molecule has 0 aliphatic heterocycles. The Balaban J connectivity index is 0.000000647. The molecular formula is C13H13N5O6. The minimum absolute atomic E-state index is 0.161. The highest BCUT2D eigenvalue weighted by Gasteiger charge is 2.19. The summed E-state index contributed by atoms with van der Waals surface area (Å²) in [5, 5.41) is 9.71. The van der Waals surface area contributed by atoms with Crippen LogP contribution in [-0.2, 0) is 4.79 Å². The number of methoxy groups -OCH3 is 1. The quantitative estimate of drug-likeness (QED) is 0.375. The van der Waals surface area contributed by atoms with Crippen molar-refractivity contribution in [1.29, 1.82) is 0 Å². The lowest BCUT2D eigenvalue weighted by Gasteiger charge is -2.06. The number of carboxylic acid groups (broad SMARTS) is 1. The van der Waals surface area contributed by atoms with Crippen LogP contribution in [0, 0.1) is 0 Å². The number of nitrogens with zero attached hydrogens (tertiary/aromatic N) is 2. The van der Waals surface area contributed by atoms with Gasteiger partial charge in [0.15, 0.2) is 11.6 Å². The van der Waals surface area contributed by atoms with Gasteiger partial charge in [0.2, 0.25) is 0 Å². The van der Waals surface area contributed by atoms with Crippen LogP contribution in [0.3, 0.4) is 0 Å². The van der Waals surface area contributed by atoms with Crippen LogP contribution < -0.4 is 16.1 Å². The van der Waals surface area contributed by atoms with Crippen molar-refractivity contribution in [3.05, 3.63) is 38.9 Å². The fourth-order valence-corrected chi connectivity index (χ4v) is 2.19. The molecule has 0 fully saturated rings. The van der Waals surface area contributed by atoms with E-state index in [0.29, 0.717) is 22.2 Å². The van der Waals surface area contributed by atoms with Gasteiger partial charge in [-0.3, -0.25) is 14.6 Å². The third-order valence-corrected chi connectivity index (χ3v) is 3.10. The smallest absolute Gasteiger partial charge is 0.350 e. The summed E-state index contributed by atoms with van der Waals surface area (Å²) in [4.78, 5) is 52.0. The zero-order valence-electron chi connectivity index (χ0n) is 12.6. The van der Waals surface area contributed by atoms with E-state index in [1.54, 1.807) is 0 Å². The highest BCUT2D eigenvalue weighted by molar-refractivity contribution is 6.10. The van der Waals surface area contributed by atoms with Gasteiger partial charge in [-0.05, 0) is 6.92 Å². The summed E-state index contributed by atoms with van der Waals surface area (Å²) in [5.74, 6) is 0.402. The van der Waals surface area contributed by atoms with Gasteiger partial charge in [0.1, 0.15) is 5.75 Å². The van der Waals surface area contributed by atoms with Crippen LogP contribution in [0.2, 0.25) is 0 Å². The second-order valence-electron chi connectivity index (χ2n) is 4.47. The number of aromatic amines is 3. The number of H-pyrrole nitrogens is 3. The summed E-state index contributed by atoms with van der Waals surface area (Å²) in [6, 6.07) is 0. The Hall–Kier alpha value is -3.63. The van der Waals surface area contributed by atoms with Gasteiger partial charge in [-0.2, -0.15) is 4.68 Å². The first-order chi connectivity index (χ1) is 11.4. The molecule has 0 saturated carbocycles. The Bertz CT molecular complexity index is 1010. The minimum Gasteiger partial charge on any atom is -0.494 e. The van der Waals surface area contributed by atoms with E-state index in [-0.39, 0.29) is 18.1 Å². The number of rotatable bonds is 3. The van der Waals surface area contributed by atoms with Crippen molar-refractivity contribution < 1.29 is 19.4 Å². The van der Waals surface area contributed by atoms with Crippen molar-refractivity contribution in [3.8, 4) is 11.6 Å². The number of carbonyl (C=O) groups is 2. The second kappa shape index (κ2) is 6.64. The molecule has 0 aromatic carbocycles. The summed E-state index contributed by atoms with van der Waals surface area (Å²) in [6.07, 6.45) is 2.90. The molecule has 0 atom stereocenters. The third kappa shape index (κ3) is 2.82. The molecule has 3 aromatic rings. The molecule has 3 rings (SSSR count). The topological polar surface area (TPSA) is 163 Å². The Morgan fingerprint density at radius 3 is 2.58 bits per heavy atom. The molecular weight excluding hydrogens is 322 g/mol. The molecule has 0 aliphatic carbocycles. The summed E-state index contributed by atoms with van der Waals surface area (Å²) in [7, 11) is 1.46. The zero-order valence-corrected chi connectivity index (χ0v) is 12.6. The van der Waals surface area contributed by atoms with E-state index in [2.05, 4.69) is 20.1 Å². The zero-order chi connectivity index (χ0) is 17.9. The first kappa shape index (κ1) is 16.7. The van der Waals surface area contributed by atoms with Crippen LogP contribution in [-0.4, -0.2) is 49.2 Å². The summed E-state index contributed by atoms with van der Waals surface area (Å²) in [6.45, 7) is 1.17. The van der Waals surface area contributed by atoms with Crippen LogP contribution in [0.25, 0.3) is 16.7 Å². The molecule has 0 saturated heterocycles. The molecule has 126 valence electrons. The van der Waals surface area contributed by atoms with Crippen molar-refractivity contribution >= 4 is 23.2 Å². The Kier molecular flexibility index (Phi) is 4.63. The van der Waals surface area contributed by atoms with Crippen molar-refractivity contribution in [2.45, 2.75) is 6.92 Å². The van der Waals surface area contributed by atoms with Crippen LogP contribution in [0.5, 0.6) is 5.75 Å². The van der Waals surface area contributed by atoms with Gasteiger partial charge >= 0.3 is 11.4 Å². The molecule has 0 spiro atoms. The molecule has 24 heavy (non-hydrogen) atoms. The average molecular weight is 335 g/mol. The lowest BCUT2D eigenvalue weighted by atomic mass is 10.1. The van der Waals surface area contributed by atoms with Gasteiger partial charge in [0.25, 0.3) is 6.47 Å². The predicted molar refractivity (Wildman–Crippen MR) is 81.9 cm³/mol. The fourth-order valence-electron chi connectivity index (χ4n) is 2.19. The van der Waals surface area contributed by atoms with Gasteiger partial charge in [0, 0.05) is 11.8 Å². The molecule has 0 aliphatic rings. The van der Waals surface area contributed by atoms with Gasteiger partial charge in [-0.25, -0.2) is 19.7 Å². The highest BCUT2D eigenvalue weighted by atomic mass is 16.5. The van der Waals surface area contributed by atoms with Gasteiger partial charge in [-0.15, -0.1) is 0 Å². The molecule has 4 N–H and O–H groups in total. The number of Topliss-reactive ketones (excluding diaryl/α,β-unsaturated/α-hetero) is 1. The summed E-state index contributed by atoms with van der Waals surface area (Å²) in [5.41, 5.74) is -0.476. The Morgan fingerprint density at radius 2 is 2.08 bits per heavy atom. The van der Waals surface area contributed by atoms with Gasteiger partial charge < -0.3 is 14.8 Å². The number of hydrogen-bond acceptors (Lipinski definition) is 6. The summed E-state index contributed by atoms with van der Waals surface area (Å²) < 4.78 is 6.16. The molecule has 11 heteroatoms. The normalized spacial score (nSPS) is 10.1. The molecule has 11 nitrogen and oxygen atoms in total. The Morgan fingerprint density at radius 1 is 1.42 bits per heavy atom. The van der Waals surface area contributed by atoms with Crippen molar-refractivity contribution in [2.75, 3.05) is 7.11 Å². The van der Waals surface area contributed by atoms with E-state index < -0.39 is 11.4 Å². The van der Waals surface area contributed by atoms with Crippen molar-refractivity contribution in [1.82, 2.24) is 24.7 Å². The van der Waals surface area contributed by atoms with Crippen LogP contribution in [0.1, 0.15) is 17.3 Å². The lowest BCUT2D eigenvalue weighted by Crippen LogP contribution is -2.17. The van der Waals surface area contributed by atoms with Crippen LogP contribution in [0.4, 0.5) is 0 Å². The Labute approximate surface area is 132 Å². The fraction of sp³-hybridized carbons (Fsp3) is 0.154. The molecule has 0 radical (unpaired) electrons. The SMILES string of the molecule is COc1cnc(-n2[nH]c(=O)[nH]c2=O)c2[nH]cc(C(C)=O)c12.O=CO. The second-order valence-corrected chi connectivity index (χ2v) is 4.47. The van der Waals surface area contributed by atoms with Crippen LogP contribution >= 0.6 is 0 Å². The van der Waals surface area contributed by atoms with E-state index in [9.17, 15) is 14.4 Å². The van der Waals surface area contributed by atoms with E-state index in [4.69, 9.17) is 14.6 Å². The number of hydrogen-bond donors (Lipinski definition) is 4. The number of fused-ring (bicyclic) bond motifs is 1. The number of nitrogens with one attached hydrogen (secondary N) is 3. The van der Waals surface area contributed by atoms with Gasteiger partial charge in [-0.1, -0.05) is 0 Å². The molecule has 0 bridgehead atoms. The first-order valence-corrected chi connectivity index (χ1v) is 6.49. The maximum atomic E-state index is 11.7. The predicted octanol–water partition coefficient (Wildman–Crippen LogP) is -0.358. The molecule has 3 aromatic heterocycles. The van der Waals surface area contributed by atoms with Crippen molar-refractivity contribution in [2.24, 2.45) is 0 Å². The largest absolute Gasteiger partial charge is 0.494 e. The van der Waals surface area contributed by atoms with Crippen LogP contribution in [0.15, 0.2) is 22.0 Å². The third-order valence-electron chi connectivity index (χ3n) is 3.10. The monoisotopic (exact) mass is 335 g/mol. The van der Waals surface area contributed by atoms with E-state index in [1.807, 2.05) is 0 Å². The number of pyridine rings is 1. The highest BCUT2D eigenvalue weighted by Crippen LogP contribution is 2.30. The van der Waals surface area contributed by atoms with Gasteiger partial charge in [0.05, 0.1) is 24.2 Å². The maximum absolute atomic E-state index is 11.7. The van der Waals surface area contributed by atoms with E-state index >= 15 is 0 Å². The molecule has 0 amide bonds. The van der Waals surface area contributed by atoms with Crippen molar-refractivity contribution in [3.63, 3.8) is 0 Å². The number of carbonyl (C=O) groups excluding carboxylic acids is 1. The number of aromatic nitrogens is 5. The average Bonchev–Trinajstić information content (AvgIpc) is 3.10. The van der Waals surface area contributed by atoms with E-state index in [0.717, 1.165) is 4.68 Å². The number of ether oxygens (including phenoxy) is 1. The number of ketones is 1. The minimum atomic E-state index is -0.655. The standard InChI is InChI=1S/C12H11N5O4.CH2O2/c1-5(18)6-3-13-9-8(6)7(21-2)4-14-10(9)17-12(20)15-11(19)16-17;2-1-3/h3-4,13H,1-2H3,(H2,15,16,19,20);1H,(H,2,3).